The Kier molecular flexibility index (Phi) is 7.54. The van der Waals surface area contributed by atoms with Crippen molar-refractivity contribution in [3.05, 3.63) is 188 Å². The number of allylic oxidation sites excluding steroid dienone is 4. The molecule has 0 N–H and O–H groups in total. The minimum atomic E-state index is 0.406. The van der Waals surface area contributed by atoms with Gasteiger partial charge in [0.2, 0.25) is 0 Å². The maximum absolute atomic E-state index is 5.19. The fourth-order valence-electron chi connectivity index (χ4n) is 7.42. The highest BCUT2D eigenvalue weighted by molar-refractivity contribution is 6.09. The molecule has 10 rings (SSSR count). The van der Waals surface area contributed by atoms with Crippen molar-refractivity contribution in [1.82, 2.24) is 24.3 Å². The summed E-state index contributed by atoms with van der Waals surface area (Å²) in [4.78, 5) is 20.3. The Hall–Kier alpha value is -6.98. The minimum absolute atomic E-state index is 0.406. The summed E-state index contributed by atoms with van der Waals surface area (Å²) in [6, 6.07) is 53.0. The third-order valence-electron chi connectivity index (χ3n) is 10.2. The minimum Gasteiger partial charge on any atom is -0.284 e. The van der Waals surface area contributed by atoms with Gasteiger partial charge in [-0.15, -0.1) is 0 Å². The molecule has 1 unspecified atom stereocenters. The smallest absolute Gasteiger partial charge is 0.165 e. The predicted molar refractivity (Wildman–Crippen MR) is 216 cm³/mol. The maximum atomic E-state index is 5.19. The molecule has 9 aromatic rings. The monoisotopic (exact) mass is 679 g/mol. The summed E-state index contributed by atoms with van der Waals surface area (Å²) in [5.41, 5.74) is 13.1. The van der Waals surface area contributed by atoms with Crippen LogP contribution in [0, 0.1) is 0 Å². The molecule has 0 amide bonds. The molecule has 0 radical (unpaired) electrons. The first-order valence-electron chi connectivity index (χ1n) is 18.0. The Morgan fingerprint density at radius 1 is 0.491 bits per heavy atom. The molecule has 5 nitrogen and oxygen atoms in total. The Labute approximate surface area is 307 Å². The number of fused-ring (bicyclic) bond motifs is 5. The van der Waals surface area contributed by atoms with E-state index in [0.29, 0.717) is 11.7 Å². The van der Waals surface area contributed by atoms with Gasteiger partial charge in [0.05, 0.1) is 17.1 Å². The highest BCUT2D eigenvalue weighted by atomic mass is 15.1. The maximum Gasteiger partial charge on any atom is 0.165 e. The van der Waals surface area contributed by atoms with Gasteiger partial charge in [-0.1, -0.05) is 152 Å². The van der Waals surface area contributed by atoms with E-state index < -0.39 is 0 Å². The fraction of sp³-hybridized carbons (Fsp3) is 0.0417. The zero-order chi connectivity index (χ0) is 35.1. The van der Waals surface area contributed by atoms with E-state index in [-0.39, 0.29) is 0 Å². The van der Waals surface area contributed by atoms with Gasteiger partial charge in [-0.3, -0.25) is 4.40 Å². The average molecular weight is 680 g/mol. The fourth-order valence-corrected chi connectivity index (χ4v) is 7.42. The van der Waals surface area contributed by atoms with Crippen LogP contribution in [0.3, 0.4) is 0 Å². The lowest BCUT2D eigenvalue weighted by Crippen LogP contribution is -1.98. The second-order valence-corrected chi connectivity index (χ2v) is 13.5. The van der Waals surface area contributed by atoms with Crippen molar-refractivity contribution in [2.24, 2.45) is 0 Å². The Balaban J connectivity index is 1.02. The van der Waals surface area contributed by atoms with Crippen LogP contribution in [-0.4, -0.2) is 24.3 Å². The van der Waals surface area contributed by atoms with Crippen LogP contribution in [-0.2, 0) is 0 Å². The third kappa shape index (κ3) is 5.69. The van der Waals surface area contributed by atoms with Crippen LogP contribution >= 0.6 is 0 Å². The molecule has 53 heavy (non-hydrogen) atoms. The van der Waals surface area contributed by atoms with Gasteiger partial charge >= 0.3 is 0 Å². The van der Waals surface area contributed by atoms with Crippen LogP contribution in [0.2, 0.25) is 0 Å². The SMILES string of the molecule is C1=CCC(c2ccc(-c3cc(-c4cccc(-c5ccc(-c6nc7c(nc8ccccn87)c7ccccc67)cc5)c4)nc(-c4ccccc4)n3)cc2)C=C1. The van der Waals surface area contributed by atoms with E-state index in [9.17, 15) is 0 Å². The lowest BCUT2D eigenvalue weighted by atomic mass is 9.91. The van der Waals surface area contributed by atoms with Gasteiger partial charge in [0.25, 0.3) is 0 Å². The van der Waals surface area contributed by atoms with Crippen molar-refractivity contribution < 1.29 is 0 Å². The third-order valence-corrected chi connectivity index (χ3v) is 10.2. The van der Waals surface area contributed by atoms with Crippen LogP contribution in [0.4, 0.5) is 0 Å². The number of hydrogen-bond donors (Lipinski definition) is 0. The van der Waals surface area contributed by atoms with Gasteiger partial charge in [0, 0.05) is 45.1 Å². The number of benzene rings is 5. The van der Waals surface area contributed by atoms with Crippen molar-refractivity contribution >= 4 is 27.6 Å². The van der Waals surface area contributed by atoms with Crippen LogP contribution < -0.4 is 0 Å². The second kappa shape index (κ2) is 13.0. The van der Waals surface area contributed by atoms with E-state index in [0.717, 1.165) is 84.5 Å². The number of aromatic nitrogens is 5. The Morgan fingerprint density at radius 2 is 1.19 bits per heavy atom. The largest absolute Gasteiger partial charge is 0.284 e. The first-order valence-corrected chi connectivity index (χ1v) is 18.0. The molecule has 5 heteroatoms. The number of nitrogens with zero attached hydrogens (tertiary/aromatic N) is 5. The van der Waals surface area contributed by atoms with Crippen molar-refractivity contribution in [2.45, 2.75) is 12.3 Å². The number of rotatable bonds is 6. The van der Waals surface area contributed by atoms with E-state index in [4.69, 9.17) is 19.9 Å². The molecule has 0 fully saturated rings. The molecule has 1 aliphatic rings. The summed E-state index contributed by atoms with van der Waals surface area (Å²) in [6.07, 6.45) is 11.8. The summed E-state index contributed by atoms with van der Waals surface area (Å²) in [7, 11) is 0. The van der Waals surface area contributed by atoms with Gasteiger partial charge in [0.1, 0.15) is 11.2 Å². The molecule has 250 valence electrons. The Morgan fingerprint density at radius 3 is 2.00 bits per heavy atom. The van der Waals surface area contributed by atoms with E-state index in [1.165, 1.54) is 5.56 Å². The second-order valence-electron chi connectivity index (χ2n) is 13.5. The summed E-state index contributed by atoms with van der Waals surface area (Å²) in [6.45, 7) is 0. The van der Waals surface area contributed by atoms with Crippen molar-refractivity contribution in [3.63, 3.8) is 0 Å². The lowest BCUT2D eigenvalue weighted by molar-refractivity contribution is 0.854. The summed E-state index contributed by atoms with van der Waals surface area (Å²) in [5.74, 6) is 1.11. The normalized spacial score (nSPS) is 14.0. The zero-order valence-electron chi connectivity index (χ0n) is 28.8. The summed E-state index contributed by atoms with van der Waals surface area (Å²) in [5, 5.41) is 2.19. The molecule has 1 atom stereocenters. The quantitative estimate of drug-likeness (QED) is 0.175. The highest BCUT2D eigenvalue weighted by Crippen LogP contribution is 2.35. The number of hydrogen-bond acceptors (Lipinski definition) is 4. The van der Waals surface area contributed by atoms with E-state index in [1.807, 2.05) is 42.6 Å². The average Bonchev–Trinajstić information content (AvgIpc) is 3.63. The summed E-state index contributed by atoms with van der Waals surface area (Å²) >= 11 is 0. The standard InChI is InChI=1S/C48H33N5/c1-3-12-32(13-4-1)33-21-25-35(26-22-33)42-31-43(50-47(49-42)37-14-5-2-6-15-37)39-17-11-16-38(30-39)34-23-27-36(28-24-34)45-40-18-7-8-19-41(40)46-48(52-45)53-29-10-9-20-44(53)51-46/h1-12,14-32H,13H2. The predicted octanol–water partition coefficient (Wildman–Crippen LogP) is 11.8. The summed E-state index contributed by atoms with van der Waals surface area (Å²) < 4.78 is 2.06. The molecule has 0 saturated heterocycles. The number of imidazole rings is 1. The highest BCUT2D eigenvalue weighted by Gasteiger charge is 2.16. The van der Waals surface area contributed by atoms with Crippen molar-refractivity contribution in [2.75, 3.05) is 0 Å². The van der Waals surface area contributed by atoms with Gasteiger partial charge in [-0.2, -0.15) is 0 Å². The lowest BCUT2D eigenvalue weighted by Gasteiger charge is -2.14. The van der Waals surface area contributed by atoms with E-state index in [2.05, 4.69) is 144 Å². The molecule has 1 aliphatic carbocycles. The number of pyridine rings is 2. The molecule has 4 aromatic heterocycles. The van der Waals surface area contributed by atoms with Crippen molar-refractivity contribution in [1.29, 1.82) is 0 Å². The van der Waals surface area contributed by atoms with Crippen molar-refractivity contribution in [3.8, 4) is 56.3 Å². The first kappa shape index (κ1) is 30.8. The molecule has 5 aromatic carbocycles. The molecule has 0 bridgehead atoms. The Bertz CT molecular complexity index is 2850. The van der Waals surface area contributed by atoms with Crippen LogP contribution in [0.5, 0.6) is 0 Å². The first-order chi connectivity index (χ1) is 26.2. The van der Waals surface area contributed by atoms with Gasteiger partial charge < -0.3 is 0 Å². The molecule has 0 aliphatic heterocycles. The van der Waals surface area contributed by atoms with Crippen LogP contribution in [0.15, 0.2) is 182 Å². The van der Waals surface area contributed by atoms with E-state index in [1.54, 1.807) is 0 Å². The van der Waals surface area contributed by atoms with Gasteiger partial charge in [-0.05, 0) is 47.4 Å². The van der Waals surface area contributed by atoms with Gasteiger partial charge in [-0.25, -0.2) is 19.9 Å². The van der Waals surface area contributed by atoms with Crippen LogP contribution in [0.25, 0.3) is 83.9 Å². The van der Waals surface area contributed by atoms with Crippen LogP contribution in [0.1, 0.15) is 17.9 Å². The molecule has 4 heterocycles. The topological polar surface area (TPSA) is 56.0 Å². The zero-order valence-corrected chi connectivity index (χ0v) is 28.8. The molecular weight excluding hydrogens is 647 g/mol. The molecule has 0 saturated carbocycles. The van der Waals surface area contributed by atoms with E-state index >= 15 is 0 Å². The molecule has 0 spiro atoms. The molecular formula is C48H33N5. The van der Waals surface area contributed by atoms with Gasteiger partial charge in [0.15, 0.2) is 11.5 Å².